The SMILES string of the molecule is O=C(N/N=C\c1nn(-c2ccccc2)cc1-c1ccccc1)c1ccncc1. The normalized spacial score (nSPS) is 10.9. The van der Waals surface area contributed by atoms with E-state index in [2.05, 4.69) is 20.6 Å². The van der Waals surface area contributed by atoms with Crippen LogP contribution in [0.15, 0.2) is 96.5 Å². The molecule has 0 saturated carbocycles. The van der Waals surface area contributed by atoms with Crippen molar-refractivity contribution in [3.63, 3.8) is 0 Å². The second kappa shape index (κ2) is 8.09. The van der Waals surface area contributed by atoms with Crippen molar-refractivity contribution in [1.29, 1.82) is 0 Å². The summed E-state index contributed by atoms with van der Waals surface area (Å²) in [7, 11) is 0. The molecule has 0 saturated heterocycles. The third-order valence-corrected chi connectivity index (χ3v) is 4.14. The predicted molar refractivity (Wildman–Crippen MR) is 108 cm³/mol. The third-order valence-electron chi connectivity index (χ3n) is 4.14. The Morgan fingerprint density at radius 3 is 2.32 bits per heavy atom. The molecule has 0 radical (unpaired) electrons. The highest BCUT2D eigenvalue weighted by molar-refractivity contribution is 5.95. The minimum atomic E-state index is -0.303. The van der Waals surface area contributed by atoms with Crippen LogP contribution in [0, 0.1) is 0 Å². The number of carbonyl (C=O) groups excluding carboxylic acids is 1. The first-order valence-electron chi connectivity index (χ1n) is 8.75. The summed E-state index contributed by atoms with van der Waals surface area (Å²) in [6.45, 7) is 0. The first-order chi connectivity index (χ1) is 13.8. The maximum Gasteiger partial charge on any atom is 0.271 e. The molecule has 136 valence electrons. The van der Waals surface area contributed by atoms with E-state index < -0.39 is 0 Å². The fraction of sp³-hybridized carbons (Fsp3) is 0. The topological polar surface area (TPSA) is 72.2 Å². The average molecular weight is 367 g/mol. The van der Waals surface area contributed by atoms with Gasteiger partial charge in [-0.1, -0.05) is 48.5 Å². The van der Waals surface area contributed by atoms with Gasteiger partial charge in [-0.2, -0.15) is 10.2 Å². The van der Waals surface area contributed by atoms with E-state index in [9.17, 15) is 4.79 Å². The fourth-order valence-electron chi connectivity index (χ4n) is 2.76. The quantitative estimate of drug-likeness (QED) is 0.432. The van der Waals surface area contributed by atoms with Gasteiger partial charge in [0.2, 0.25) is 0 Å². The number of pyridine rings is 1. The van der Waals surface area contributed by atoms with E-state index in [4.69, 9.17) is 0 Å². The van der Waals surface area contributed by atoms with Gasteiger partial charge in [0.15, 0.2) is 0 Å². The molecule has 0 fully saturated rings. The minimum absolute atomic E-state index is 0.303. The Kier molecular flexibility index (Phi) is 5.02. The maximum absolute atomic E-state index is 12.1. The summed E-state index contributed by atoms with van der Waals surface area (Å²) >= 11 is 0. The van der Waals surface area contributed by atoms with E-state index >= 15 is 0 Å². The molecule has 0 aliphatic carbocycles. The lowest BCUT2D eigenvalue weighted by Crippen LogP contribution is -2.17. The summed E-state index contributed by atoms with van der Waals surface area (Å²) in [6.07, 6.45) is 6.64. The van der Waals surface area contributed by atoms with Crippen molar-refractivity contribution >= 4 is 12.1 Å². The molecule has 0 atom stereocenters. The van der Waals surface area contributed by atoms with Gasteiger partial charge in [0.05, 0.1) is 11.9 Å². The first-order valence-corrected chi connectivity index (χ1v) is 8.75. The molecule has 2 aromatic carbocycles. The average Bonchev–Trinajstić information content (AvgIpc) is 3.20. The van der Waals surface area contributed by atoms with Crippen molar-refractivity contribution in [2.75, 3.05) is 0 Å². The second-order valence-corrected chi connectivity index (χ2v) is 6.01. The predicted octanol–water partition coefficient (Wildman–Crippen LogP) is 3.70. The molecule has 1 amide bonds. The smallest absolute Gasteiger partial charge is 0.267 e. The van der Waals surface area contributed by atoms with Crippen LogP contribution in [0.1, 0.15) is 16.1 Å². The summed E-state index contributed by atoms with van der Waals surface area (Å²) in [4.78, 5) is 16.0. The minimum Gasteiger partial charge on any atom is -0.267 e. The Morgan fingerprint density at radius 2 is 1.61 bits per heavy atom. The lowest BCUT2D eigenvalue weighted by molar-refractivity contribution is 0.0955. The van der Waals surface area contributed by atoms with Gasteiger partial charge < -0.3 is 0 Å². The van der Waals surface area contributed by atoms with Crippen molar-refractivity contribution in [3.8, 4) is 16.8 Å². The fourth-order valence-corrected chi connectivity index (χ4v) is 2.76. The number of benzene rings is 2. The Labute approximate surface area is 162 Å². The van der Waals surface area contributed by atoms with E-state index in [1.165, 1.54) is 0 Å². The third kappa shape index (κ3) is 3.86. The van der Waals surface area contributed by atoms with Crippen molar-refractivity contribution in [3.05, 3.63) is 103 Å². The lowest BCUT2D eigenvalue weighted by Gasteiger charge is -1.99. The van der Waals surface area contributed by atoms with Gasteiger partial charge in [-0.05, 0) is 29.8 Å². The van der Waals surface area contributed by atoms with Crippen LogP contribution >= 0.6 is 0 Å². The number of aromatic nitrogens is 3. The molecule has 0 bridgehead atoms. The van der Waals surface area contributed by atoms with Crippen molar-refractivity contribution in [2.24, 2.45) is 5.10 Å². The summed E-state index contributed by atoms with van der Waals surface area (Å²) in [5, 5.41) is 8.72. The number of hydrazone groups is 1. The van der Waals surface area contributed by atoms with Crippen LogP contribution in [0.25, 0.3) is 16.8 Å². The van der Waals surface area contributed by atoms with Crippen LogP contribution in [0.4, 0.5) is 0 Å². The van der Waals surface area contributed by atoms with Gasteiger partial charge in [0.1, 0.15) is 5.69 Å². The lowest BCUT2D eigenvalue weighted by atomic mass is 10.1. The molecule has 6 nitrogen and oxygen atoms in total. The number of para-hydroxylation sites is 1. The standard InChI is InChI=1S/C22H17N5O/c28-22(18-11-13-23-14-12-18)25-24-15-21-20(17-7-3-1-4-8-17)16-27(26-21)19-9-5-2-6-10-19/h1-16H,(H,25,28)/b24-15-. The first kappa shape index (κ1) is 17.4. The van der Waals surface area contributed by atoms with Gasteiger partial charge >= 0.3 is 0 Å². The number of hydrogen-bond donors (Lipinski definition) is 1. The van der Waals surface area contributed by atoms with E-state index in [0.717, 1.165) is 16.8 Å². The van der Waals surface area contributed by atoms with Gasteiger partial charge in [-0.3, -0.25) is 9.78 Å². The molecular formula is C22H17N5O. The summed E-state index contributed by atoms with van der Waals surface area (Å²) in [6, 6.07) is 23.0. The Hall–Kier alpha value is -4.06. The number of carbonyl (C=O) groups is 1. The van der Waals surface area contributed by atoms with Crippen LogP contribution in [0.5, 0.6) is 0 Å². The molecular weight excluding hydrogens is 350 g/mol. The van der Waals surface area contributed by atoms with Gasteiger partial charge in [-0.15, -0.1) is 0 Å². The van der Waals surface area contributed by atoms with Crippen LogP contribution in [-0.2, 0) is 0 Å². The Morgan fingerprint density at radius 1 is 0.929 bits per heavy atom. The summed E-state index contributed by atoms with van der Waals surface area (Å²) in [5.74, 6) is -0.303. The zero-order chi connectivity index (χ0) is 19.2. The van der Waals surface area contributed by atoms with Gasteiger partial charge in [-0.25, -0.2) is 10.1 Å². The largest absolute Gasteiger partial charge is 0.271 e. The van der Waals surface area contributed by atoms with Crippen molar-refractivity contribution in [2.45, 2.75) is 0 Å². The zero-order valence-electron chi connectivity index (χ0n) is 14.9. The van der Waals surface area contributed by atoms with E-state index in [0.29, 0.717) is 11.3 Å². The van der Waals surface area contributed by atoms with Crippen molar-refractivity contribution < 1.29 is 4.79 Å². The second-order valence-electron chi connectivity index (χ2n) is 6.01. The molecule has 2 heterocycles. The number of nitrogens with zero attached hydrogens (tertiary/aromatic N) is 4. The number of rotatable bonds is 5. The summed E-state index contributed by atoms with van der Waals surface area (Å²) in [5.41, 5.74) is 6.56. The maximum atomic E-state index is 12.1. The molecule has 0 unspecified atom stereocenters. The molecule has 28 heavy (non-hydrogen) atoms. The van der Waals surface area contributed by atoms with Crippen molar-refractivity contribution in [1.82, 2.24) is 20.2 Å². The highest BCUT2D eigenvalue weighted by atomic mass is 16.2. The Balaban J connectivity index is 1.63. The van der Waals surface area contributed by atoms with Gasteiger partial charge in [0, 0.05) is 29.7 Å². The molecule has 4 aromatic rings. The number of hydrogen-bond acceptors (Lipinski definition) is 4. The van der Waals surface area contributed by atoms with E-state index in [-0.39, 0.29) is 5.91 Å². The molecule has 0 spiro atoms. The molecule has 2 aromatic heterocycles. The van der Waals surface area contributed by atoms with Crippen LogP contribution in [0.2, 0.25) is 0 Å². The van der Waals surface area contributed by atoms with Gasteiger partial charge in [0.25, 0.3) is 5.91 Å². The van der Waals surface area contributed by atoms with E-state index in [1.54, 1.807) is 35.4 Å². The number of nitrogens with one attached hydrogen (secondary N) is 1. The monoisotopic (exact) mass is 367 g/mol. The molecule has 1 N–H and O–H groups in total. The molecule has 0 aliphatic rings. The summed E-state index contributed by atoms with van der Waals surface area (Å²) < 4.78 is 1.80. The van der Waals surface area contributed by atoms with Crippen LogP contribution in [-0.4, -0.2) is 26.9 Å². The molecule has 0 aliphatic heterocycles. The van der Waals surface area contributed by atoms with Crippen LogP contribution < -0.4 is 5.43 Å². The zero-order valence-corrected chi connectivity index (χ0v) is 14.9. The highest BCUT2D eigenvalue weighted by Crippen LogP contribution is 2.23. The van der Waals surface area contributed by atoms with E-state index in [1.807, 2.05) is 66.9 Å². The molecule has 4 rings (SSSR count). The molecule has 6 heteroatoms. The van der Waals surface area contributed by atoms with Crippen LogP contribution in [0.3, 0.4) is 0 Å². The Bertz CT molecular complexity index is 1090. The number of amides is 1. The highest BCUT2D eigenvalue weighted by Gasteiger charge is 2.11.